The summed E-state index contributed by atoms with van der Waals surface area (Å²) in [5.74, 6) is 0. The van der Waals surface area contributed by atoms with E-state index in [4.69, 9.17) is 0 Å². The molecular weight excluding hydrogens is 216 g/mol. The molecule has 0 aromatic heterocycles. The van der Waals surface area contributed by atoms with Crippen LogP contribution in [0.3, 0.4) is 0 Å². The van der Waals surface area contributed by atoms with E-state index in [1.54, 1.807) is 0 Å². The van der Waals surface area contributed by atoms with E-state index >= 15 is 0 Å². The zero-order valence-corrected chi connectivity index (χ0v) is 12.2. The summed E-state index contributed by atoms with van der Waals surface area (Å²) in [6, 6.07) is 0. The SMILES string of the molecule is C1=CCCCCCCCCCCCCCC/C=C\1. The van der Waals surface area contributed by atoms with Crippen LogP contribution in [0.25, 0.3) is 0 Å². The van der Waals surface area contributed by atoms with Gasteiger partial charge >= 0.3 is 0 Å². The van der Waals surface area contributed by atoms with Gasteiger partial charge in [0.1, 0.15) is 0 Å². The van der Waals surface area contributed by atoms with E-state index in [0.717, 1.165) is 0 Å². The van der Waals surface area contributed by atoms with Crippen LogP contribution >= 0.6 is 0 Å². The highest BCUT2D eigenvalue weighted by atomic mass is 14.0. The van der Waals surface area contributed by atoms with Gasteiger partial charge in [-0.3, -0.25) is 0 Å². The van der Waals surface area contributed by atoms with E-state index in [-0.39, 0.29) is 0 Å². The maximum absolute atomic E-state index is 2.33. The van der Waals surface area contributed by atoms with Crippen molar-refractivity contribution in [3.05, 3.63) is 24.3 Å². The van der Waals surface area contributed by atoms with Crippen molar-refractivity contribution in [2.75, 3.05) is 0 Å². The van der Waals surface area contributed by atoms with Crippen LogP contribution < -0.4 is 0 Å². The molecule has 0 heteroatoms. The molecule has 0 heterocycles. The summed E-state index contributed by atoms with van der Waals surface area (Å²) in [6.07, 6.45) is 29.0. The fraction of sp³-hybridized carbons (Fsp3) is 0.778. The van der Waals surface area contributed by atoms with E-state index in [0.29, 0.717) is 0 Å². The zero-order chi connectivity index (χ0) is 12.7. The van der Waals surface area contributed by atoms with Crippen LogP contribution in [0.2, 0.25) is 0 Å². The van der Waals surface area contributed by atoms with Gasteiger partial charge in [0.05, 0.1) is 0 Å². The van der Waals surface area contributed by atoms with Gasteiger partial charge in [0, 0.05) is 0 Å². The normalized spacial score (nSPS) is 24.0. The quantitative estimate of drug-likeness (QED) is 0.454. The summed E-state index contributed by atoms with van der Waals surface area (Å²) in [6.45, 7) is 0. The molecule has 18 heavy (non-hydrogen) atoms. The van der Waals surface area contributed by atoms with Gasteiger partial charge in [0.2, 0.25) is 0 Å². The van der Waals surface area contributed by atoms with E-state index in [2.05, 4.69) is 24.3 Å². The smallest absolute Gasteiger partial charge is 0.0348 e. The van der Waals surface area contributed by atoms with Gasteiger partial charge in [-0.05, 0) is 25.7 Å². The Kier molecular flexibility index (Phi) is 11.2. The monoisotopic (exact) mass is 248 g/mol. The largest absolute Gasteiger partial charge is 0.0845 e. The molecule has 0 aromatic carbocycles. The minimum atomic E-state index is 1.27. The van der Waals surface area contributed by atoms with Gasteiger partial charge in [-0.1, -0.05) is 88.5 Å². The molecule has 0 unspecified atom stereocenters. The average molecular weight is 248 g/mol. The van der Waals surface area contributed by atoms with E-state index in [1.165, 1.54) is 89.9 Å². The summed E-state index contributed by atoms with van der Waals surface area (Å²) in [5, 5.41) is 0. The molecule has 0 saturated carbocycles. The third-order valence-electron chi connectivity index (χ3n) is 3.87. The van der Waals surface area contributed by atoms with Crippen LogP contribution in [-0.4, -0.2) is 0 Å². The molecule has 0 spiro atoms. The Labute approximate surface area is 115 Å². The fourth-order valence-electron chi connectivity index (χ4n) is 2.64. The van der Waals surface area contributed by atoms with Gasteiger partial charge in [-0.25, -0.2) is 0 Å². The molecule has 0 amide bonds. The minimum absolute atomic E-state index is 1.27. The van der Waals surface area contributed by atoms with Crippen molar-refractivity contribution in [3.8, 4) is 0 Å². The van der Waals surface area contributed by atoms with Crippen LogP contribution in [-0.2, 0) is 0 Å². The molecule has 0 aliphatic heterocycles. The molecule has 0 saturated heterocycles. The first kappa shape index (κ1) is 15.5. The molecule has 0 nitrogen and oxygen atoms in total. The molecule has 0 bridgehead atoms. The van der Waals surface area contributed by atoms with Crippen molar-refractivity contribution >= 4 is 0 Å². The van der Waals surface area contributed by atoms with Crippen molar-refractivity contribution in [2.45, 2.75) is 89.9 Å². The lowest BCUT2D eigenvalue weighted by Crippen LogP contribution is -1.83. The first-order valence-electron chi connectivity index (χ1n) is 8.32. The highest BCUT2D eigenvalue weighted by molar-refractivity contribution is 5.02. The van der Waals surface area contributed by atoms with Crippen LogP contribution in [0, 0.1) is 0 Å². The van der Waals surface area contributed by atoms with Gasteiger partial charge in [0.25, 0.3) is 0 Å². The Morgan fingerprint density at radius 3 is 0.944 bits per heavy atom. The van der Waals surface area contributed by atoms with Crippen LogP contribution in [0.5, 0.6) is 0 Å². The second-order valence-corrected chi connectivity index (χ2v) is 5.68. The van der Waals surface area contributed by atoms with Crippen molar-refractivity contribution in [3.63, 3.8) is 0 Å². The lowest BCUT2D eigenvalue weighted by molar-refractivity contribution is 0.542. The Bertz CT molecular complexity index is 188. The molecule has 0 fully saturated rings. The standard InChI is InChI=1S/C18H32/c1-2-4-6-8-10-12-14-16-18-17-15-13-11-9-7-5-3-1/h1-4H,5-18H2/b3-1-,4-2?. The second-order valence-electron chi connectivity index (χ2n) is 5.68. The third-order valence-corrected chi connectivity index (χ3v) is 3.87. The summed E-state index contributed by atoms with van der Waals surface area (Å²) in [4.78, 5) is 0. The van der Waals surface area contributed by atoms with Crippen molar-refractivity contribution in [2.24, 2.45) is 0 Å². The van der Waals surface area contributed by atoms with E-state index in [9.17, 15) is 0 Å². The molecule has 0 N–H and O–H groups in total. The zero-order valence-electron chi connectivity index (χ0n) is 12.2. The molecule has 1 rings (SSSR count). The van der Waals surface area contributed by atoms with Crippen LogP contribution in [0.15, 0.2) is 24.3 Å². The van der Waals surface area contributed by atoms with Gasteiger partial charge in [-0.15, -0.1) is 0 Å². The molecular formula is C18H32. The first-order chi connectivity index (χ1) is 9.00. The van der Waals surface area contributed by atoms with Crippen LogP contribution in [0.4, 0.5) is 0 Å². The van der Waals surface area contributed by atoms with Gasteiger partial charge in [0.15, 0.2) is 0 Å². The Hall–Kier alpha value is -0.520. The number of rotatable bonds is 0. The highest BCUT2D eigenvalue weighted by Gasteiger charge is 1.93. The van der Waals surface area contributed by atoms with E-state index < -0.39 is 0 Å². The van der Waals surface area contributed by atoms with Crippen molar-refractivity contribution < 1.29 is 0 Å². The number of allylic oxidation sites excluding steroid dienone is 4. The Balaban J connectivity index is 2.13. The fourth-order valence-corrected chi connectivity index (χ4v) is 2.64. The predicted octanol–water partition coefficient (Wildman–Crippen LogP) is 6.57. The lowest BCUT2D eigenvalue weighted by atomic mass is 10.0. The molecule has 1 aliphatic rings. The maximum Gasteiger partial charge on any atom is -0.0348 e. The van der Waals surface area contributed by atoms with E-state index in [1.807, 2.05) is 0 Å². The molecule has 0 atom stereocenters. The predicted molar refractivity (Wildman–Crippen MR) is 82.9 cm³/mol. The molecule has 0 radical (unpaired) electrons. The maximum atomic E-state index is 2.33. The van der Waals surface area contributed by atoms with Crippen LogP contribution in [0.1, 0.15) is 89.9 Å². The van der Waals surface area contributed by atoms with Gasteiger partial charge in [-0.2, -0.15) is 0 Å². The van der Waals surface area contributed by atoms with Crippen molar-refractivity contribution in [1.82, 2.24) is 0 Å². The average Bonchev–Trinajstić information content (AvgIpc) is 2.39. The topological polar surface area (TPSA) is 0 Å². The number of hydrogen-bond donors (Lipinski definition) is 0. The Morgan fingerprint density at radius 2 is 0.611 bits per heavy atom. The van der Waals surface area contributed by atoms with Crippen molar-refractivity contribution in [1.29, 1.82) is 0 Å². The molecule has 0 aromatic rings. The summed E-state index contributed by atoms with van der Waals surface area (Å²) < 4.78 is 0. The lowest BCUT2D eigenvalue weighted by Gasteiger charge is -2.02. The molecule has 104 valence electrons. The Morgan fingerprint density at radius 1 is 0.333 bits per heavy atom. The summed E-state index contributed by atoms with van der Waals surface area (Å²) in [7, 11) is 0. The summed E-state index contributed by atoms with van der Waals surface area (Å²) in [5.41, 5.74) is 0. The van der Waals surface area contributed by atoms with Gasteiger partial charge < -0.3 is 0 Å². The third kappa shape index (κ3) is 10.6. The molecule has 1 aliphatic carbocycles. The summed E-state index contributed by atoms with van der Waals surface area (Å²) >= 11 is 0. The first-order valence-corrected chi connectivity index (χ1v) is 8.32. The second kappa shape index (κ2) is 12.9. The minimum Gasteiger partial charge on any atom is -0.0845 e. The highest BCUT2D eigenvalue weighted by Crippen LogP contribution is 2.13. The number of hydrogen-bond acceptors (Lipinski definition) is 0.